The minimum Gasteiger partial charge on any atom is -0.544 e. The van der Waals surface area contributed by atoms with Crippen LogP contribution in [0.2, 0.25) is 0 Å². The van der Waals surface area contributed by atoms with Crippen LogP contribution in [0.5, 0.6) is 0 Å². The molecule has 0 saturated carbocycles. The van der Waals surface area contributed by atoms with Gasteiger partial charge < -0.3 is 9.90 Å². The number of carboxylic acids is 1. The van der Waals surface area contributed by atoms with Crippen molar-refractivity contribution in [1.29, 1.82) is 0 Å². The first-order valence-corrected chi connectivity index (χ1v) is 4.32. The summed E-state index contributed by atoms with van der Waals surface area (Å²) in [6.45, 7) is 0. The number of aromatic carboxylic acids is 1. The van der Waals surface area contributed by atoms with Gasteiger partial charge in [0.25, 0.3) is 0 Å². The minimum atomic E-state index is -1.34. The second-order valence-corrected chi connectivity index (χ2v) is 4.17. The van der Waals surface area contributed by atoms with Gasteiger partial charge in [0.1, 0.15) is 0 Å². The van der Waals surface area contributed by atoms with Gasteiger partial charge in [0, 0.05) is 4.91 Å². The number of thiophene rings is 1. The van der Waals surface area contributed by atoms with Crippen LogP contribution >= 0.6 is 27.3 Å². The van der Waals surface area contributed by atoms with E-state index in [4.69, 9.17) is 5.53 Å². The number of rotatable bonds is 2. The Morgan fingerprint density at radius 1 is 1.77 bits per heavy atom. The number of carbonyl (C=O) groups excluding carboxylic acids is 1. The fourth-order valence-electron chi connectivity index (χ4n) is 0.621. The molecule has 0 unspecified atom stereocenters. The third kappa shape index (κ3) is 3.30. The van der Waals surface area contributed by atoms with Crippen molar-refractivity contribution >= 4 is 38.9 Å². The second kappa shape index (κ2) is 5.64. The summed E-state index contributed by atoms with van der Waals surface area (Å²) in [7, 11) is 0. The number of carboxylic acid groups (broad SMARTS) is 1. The van der Waals surface area contributed by atoms with Crippen LogP contribution in [0.3, 0.4) is 0 Å². The van der Waals surface area contributed by atoms with Crippen molar-refractivity contribution < 1.29 is 39.5 Å². The third-order valence-electron chi connectivity index (χ3n) is 1.02. The van der Waals surface area contributed by atoms with Gasteiger partial charge in [-0.3, -0.25) is 0 Å². The first-order valence-electron chi connectivity index (χ1n) is 2.71. The molecule has 0 bridgehead atoms. The van der Waals surface area contributed by atoms with Crippen molar-refractivity contribution in [3.63, 3.8) is 0 Å². The summed E-state index contributed by atoms with van der Waals surface area (Å²) in [6, 6.07) is 1.43. The maximum atomic E-state index is 10.4. The van der Waals surface area contributed by atoms with Crippen LogP contribution in [0.25, 0.3) is 10.4 Å². The van der Waals surface area contributed by atoms with E-state index in [1.807, 2.05) is 0 Å². The Hall–Kier alpha value is -0.0400. The number of hydrogen-bond acceptors (Lipinski definition) is 4. The minimum absolute atomic E-state index is 0. The maximum Gasteiger partial charge on any atom is 1.00 e. The number of azide groups is 1. The Balaban J connectivity index is 0.00000144. The van der Waals surface area contributed by atoms with E-state index < -0.39 is 5.97 Å². The molecule has 1 rings (SSSR count). The van der Waals surface area contributed by atoms with E-state index in [-0.39, 0.29) is 40.1 Å². The third-order valence-corrected chi connectivity index (χ3v) is 2.63. The molecule has 0 fully saturated rings. The Kier molecular flexibility index (Phi) is 5.62. The monoisotopic (exact) mass is 269 g/mol. The summed E-state index contributed by atoms with van der Waals surface area (Å²) >= 11 is 4.02. The molecule has 8 heteroatoms. The standard InChI is InChI=1S/C5H2BrN3O2S.Na/c6-3-1-2(8-9-7)4(12-3)5(10)11;/h1H,(H,10,11);/q;+1/p-1. The number of halogens is 1. The molecule has 1 heterocycles. The quantitative estimate of drug-likeness (QED) is 0.293. The predicted octanol–water partition coefficient (Wildman–Crippen LogP) is -1.18. The molecule has 0 aliphatic carbocycles. The van der Waals surface area contributed by atoms with Gasteiger partial charge in [-0.25, -0.2) is 0 Å². The molecule has 1 aromatic heterocycles. The fraction of sp³-hybridized carbons (Fsp3) is 0. The van der Waals surface area contributed by atoms with Gasteiger partial charge in [0.2, 0.25) is 0 Å². The van der Waals surface area contributed by atoms with Crippen LogP contribution in [0.1, 0.15) is 9.67 Å². The first kappa shape index (κ1) is 13.0. The van der Waals surface area contributed by atoms with Crippen molar-refractivity contribution in [3.05, 3.63) is 25.2 Å². The molecule has 0 spiro atoms. The Morgan fingerprint density at radius 2 is 2.38 bits per heavy atom. The van der Waals surface area contributed by atoms with E-state index in [0.29, 0.717) is 3.79 Å². The van der Waals surface area contributed by atoms with Gasteiger partial charge in [-0.2, -0.15) is 0 Å². The van der Waals surface area contributed by atoms with Gasteiger partial charge in [0.15, 0.2) is 0 Å². The number of carbonyl (C=O) groups is 1. The van der Waals surface area contributed by atoms with E-state index in [1.165, 1.54) is 6.07 Å². The van der Waals surface area contributed by atoms with Gasteiger partial charge in [0.05, 0.1) is 20.3 Å². The fourth-order valence-corrected chi connectivity index (χ4v) is 1.98. The van der Waals surface area contributed by atoms with E-state index in [1.54, 1.807) is 0 Å². The SMILES string of the molecule is [N-]=[N+]=Nc1cc(Br)sc1C(=O)[O-].[Na+]. The summed E-state index contributed by atoms with van der Waals surface area (Å²) < 4.78 is 0.587. The zero-order valence-corrected chi connectivity index (χ0v) is 10.9. The smallest absolute Gasteiger partial charge is 0.544 e. The van der Waals surface area contributed by atoms with E-state index >= 15 is 0 Å². The molecule has 13 heavy (non-hydrogen) atoms. The van der Waals surface area contributed by atoms with Gasteiger partial charge in [-0.1, -0.05) is 5.11 Å². The van der Waals surface area contributed by atoms with Gasteiger partial charge in [-0.05, 0) is 27.5 Å². The normalized spacial score (nSPS) is 8.38. The molecule has 0 radical (unpaired) electrons. The van der Waals surface area contributed by atoms with Gasteiger partial charge in [-0.15, -0.1) is 11.3 Å². The molecule has 5 nitrogen and oxygen atoms in total. The molecule has 0 saturated heterocycles. The molecule has 0 N–H and O–H groups in total. The average molecular weight is 270 g/mol. The second-order valence-electron chi connectivity index (χ2n) is 1.74. The summed E-state index contributed by atoms with van der Waals surface area (Å²) in [6.07, 6.45) is 0. The van der Waals surface area contributed by atoms with E-state index in [2.05, 4.69) is 26.0 Å². The summed E-state index contributed by atoms with van der Waals surface area (Å²) in [5, 5.41) is 13.6. The summed E-state index contributed by atoms with van der Waals surface area (Å²) in [4.78, 5) is 12.8. The van der Waals surface area contributed by atoms with Crippen molar-refractivity contribution in [2.75, 3.05) is 0 Å². The summed E-state index contributed by atoms with van der Waals surface area (Å²) in [5.41, 5.74) is 8.15. The van der Waals surface area contributed by atoms with Crippen molar-refractivity contribution in [2.45, 2.75) is 0 Å². The molecule has 0 aliphatic heterocycles. The van der Waals surface area contributed by atoms with Crippen LogP contribution in [0, 0.1) is 0 Å². The average Bonchev–Trinajstić information content (AvgIpc) is 2.32. The van der Waals surface area contributed by atoms with Crippen LogP contribution in [0.15, 0.2) is 15.0 Å². The zero-order chi connectivity index (χ0) is 9.14. The largest absolute Gasteiger partial charge is 1.00 e. The van der Waals surface area contributed by atoms with Gasteiger partial charge >= 0.3 is 29.6 Å². The topological polar surface area (TPSA) is 88.9 Å². The maximum absolute atomic E-state index is 10.4. The van der Waals surface area contributed by atoms with Crippen LogP contribution in [0.4, 0.5) is 5.69 Å². The van der Waals surface area contributed by atoms with Crippen LogP contribution in [-0.4, -0.2) is 5.97 Å². The summed E-state index contributed by atoms with van der Waals surface area (Å²) in [5.74, 6) is -1.34. The van der Waals surface area contributed by atoms with E-state index in [0.717, 1.165) is 11.3 Å². The molecule has 62 valence electrons. The number of hydrogen-bond donors (Lipinski definition) is 0. The number of nitrogens with zero attached hydrogens (tertiary/aromatic N) is 3. The molecule has 0 aliphatic rings. The van der Waals surface area contributed by atoms with Crippen LogP contribution < -0.4 is 34.7 Å². The zero-order valence-electron chi connectivity index (χ0n) is 6.52. The molecular weight excluding hydrogens is 269 g/mol. The molecule has 0 atom stereocenters. The van der Waals surface area contributed by atoms with Crippen molar-refractivity contribution in [3.8, 4) is 0 Å². The Morgan fingerprint density at radius 3 is 2.85 bits per heavy atom. The first-order chi connectivity index (χ1) is 5.65. The van der Waals surface area contributed by atoms with Crippen molar-refractivity contribution in [1.82, 2.24) is 0 Å². The molecule has 1 aromatic rings. The van der Waals surface area contributed by atoms with E-state index in [9.17, 15) is 9.90 Å². The van der Waals surface area contributed by atoms with Crippen LogP contribution in [-0.2, 0) is 0 Å². The molecule has 0 aromatic carbocycles. The Bertz CT molecular complexity index is 354. The van der Waals surface area contributed by atoms with Crippen molar-refractivity contribution in [2.24, 2.45) is 5.11 Å². The Labute approximate surface area is 108 Å². The predicted molar refractivity (Wildman–Crippen MR) is 45.2 cm³/mol. The molecular formula is C5HBrN3NaO2S. The molecule has 0 amide bonds.